The quantitative estimate of drug-likeness (QED) is 0.506. The highest BCUT2D eigenvalue weighted by molar-refractivity contribution is 5.85. The first-order valence-electron chi connectivity index (χ1n) is 11.7. The van der Waals surface area contributed by atoms with Crippen LogP contribution in [0.3, 0.4) is 0 Å². The third-order valence-electron chi connectivity index (χ3n) is 6.19. The molecule has 0 bridgehead atoms. The van der Waals surface area contributed by atoms with Gasteiger partial charge in [0.2, 0.25) is 5.91 Å². The Morgan fingerprint density at radius 1 is 1.26 bits per heavy atom. The molecule has 2 heterocycles. The van der Waals surface area contributed by atoms with Crippen molar-refractivity contribution in [2.24, 2.45) is 10.9 Å². The predicted octanol–water partition coefficient (Wildman–Crippen LogP) is 2.04. The molecule has 1 aromatic carbocycles. The van der Waals surface area contributed by atoms with Crippen LogP contribution < -0.4 is 5.32 Å². The number of aliphatic imine (C=N–C) groups is 1. The molecule has 2 saturated heterocycles. The molecular formula is C24H39N5O2. The van der Waals surface area contributed by atoms with E-state index in [9.17, 15) is 4.79 Å². The minimum Gasteiger partial charge on any atom is -0.381 e. The topological polar surface area (TPSA) is 60.4 Å². The number of hydrogen-bond donors (Lipinski definition) is 1. The van der Waals surface area contributed by atoms with Crippen molar-refractivity contribution >= 4 is 11.9 Å². The van der Waals surface area contributed by atoms with Crippen molar-refractivity contribution in [2.45, 2.75) is 38.8 Å². The number of carbonyl (C=O) groups is 1. The number of guanidine groups is 1. The zero-order chi connectivity index (χ0) is 22.1. The van der Waals surface area contributed by atoms with Crippen LogP contribution in [-0.4, -0.2) is 92.6 Å². The average Bonchev–Trinajstić information content (AvgIpc) is 3.29. The lowest BCUT2D eigenvalue weighted by atomic mass is 10.1. The van der Waals surface area contributed by atoms with E-state index in [1.165, 1.54) is 5.56 Å². The smallest absolute Gasteiger partial charge is 0.243 e. The minimum absolute atomic E-state index is 0.0244. The normalized spacial score (nSPS) is 22.5. The van der Waals surface area contributed by atoms with Crippen LogP contribution >= 0.6 is 0 Å². The van der Waals surface area contributed by atoms with Gasteiger partial charge >= 0.3 is 0 Å². The number of nitrogens with one attached hydrogen (secondary N) is 1. The standard InChI is InChI=1S/C24H39N5O2/c1-4-8-22-18-29(13-12-28(22)17-20-9-6-5-7-10-20)24(26-16-23(30)27(2)3)25-15-21-11-14-31-19-21/h5-7,9-10,21-22H,4,8,11-19H2,1-3H3,(H,25,26). The van der Waals surface area contributed by atoms with Gasteiger partial charge in [-0.3, -0.25) is 9.69 Å². The van der Waals surface area contributed by atoms with Crippen molar-refractivity contribution in [3.8, 4) is 0 Å². The summed E-state index contributed by atoms with van der Waals surface area (Å²) in [5, 5.41) is 3.56. The fourth-order valence-corrected chi connectivity index (χ4v) is 4.25. The maximum Gasteiger partial charge on any atom is 0.243 e. The first-order valence-corrected chi connectivity index (χ1v) is 11.7. The van der Waals surface area contributed by atoms with E-state index in [4.69, 9.17) is 9.73 Å². The average molecular weight is 430 g/mol. The SMILES string of the molecule is CCCC1CN(C(=NCC(=O)N(C)C)NCC2CCOC2)CCN1Cc1ccccc1. The number of ether oxygens (including phenoxy) is 1. The van der Waals surface area contributed by atoms with Crippen LogP contribution in [0.2, 0.25) is 0 Å². The van der Waals surface area contributed by atoms with Crippen LogP contribution in [-0.2, 0) is 16.1 Å². The van der Waals surface area contributed by atoms with E-state index in [1.54, 1.807) is 19.0 Å². The van der Waals surface area contributed by atoms with E-state index in [-0.39, 0.29) is 12.5 Å². The van der Waals surface area contributed by atoms with E-state index >= 15 is 0 Å². The van der Waals surface area contributed by atoms with Crippen molar-refractivity contribution in [1.82, 2.24) is 20.0 Å². The Hall–Kier alpha value is -2.12. The molecule has 2 unspecified atom stereocenters. The third kappa shape index (κ3) is 7.21. The molecule has 31 heavy (non-hydrogen) atoms. The molecule has 7 heteroatoms. The van der Waals surface area contributed by atoms with Crippen LogP contribution in [0, 0.1) is 5.92 Å². The lowest BCUT2D eigenvalue weighted by molar-refractivity contribution is -0.127. The highest BCUT2D eigenvalue weighted by Crippen LogP contribution is 2.18. The van der Waals surface area contributed by atoms with Crippen LogP contribution in [0.5, 0.6) is 0 Å². The second-order valence-corrected chi connectivity index (χ2v) is 8.88. The van der Waals surface area contributed by atoms with Crippen LogP contribution in [0.4, 0.5) is 0 Å². The summed E-state index contributed by atoms with van der Waals surface area (Å²) in [5.74, 6) is 1.40. The number of rotatable bonds is 8. The van der Waals surface area contributed by atoms with Gasteiger partial charge in [0, 0.05) is 65.4 Å². The van der Waals surface area contributed by atoms with Gasteiger partial charge in [-0.05, 0) is 18.4 Å². The van der Waals surface area contributed by atoms with Crippen molar-refractivity contribution in [2.75, 3.05) is 60.0 Å². The molecule has 0 spiro atoms. The summed E-state index contributed by atoms with van der Waals surface area (Å²) in [6, 6.07) is 11.2. The fraction of sp³-hybridized carbons (Fsp3) is 0.667. The van der Waals surface area contributed by atoms with E-state index in [1.807, 2.05) is 0 Å². The van der Waals surface area contributed by atoms with Crippen LogP contribution in [0.15, 0.2) is 35.3 Å². The van der Waals surface area contributed by atoms with Gasteiger partial charge in [0.05, 0.1) is 6.61 Å². The van der Waals surface area contributed by atoms with Gasteiger partial charge in [-0.1, -0.05) is 43.7 Å². The summed E-state index contributed by atoms with van der Waals surface area (Å²) in [5.41, 5.74) is 1.36. The van der Waals surface area contributed by atoms with Gasteiger partial charge in [0.15, 0.2) is 5.96 Å². The zero-order valence-corrected chi connectivity index (χ0v) is 19.4. The molecular weight excluding hydrogens is 390 g/mol. The molecule has 0 radical (unpaired) electrons. The highest BCUT2D eigenvalue weighted by Gasteiger charge is 2.29. The Balaban J connectivity index is 1.67. The monoisotopic (exact) mass is 429 g/mol. The zero-order valence-electron chi connectivity index (χ0n) is 19.4. The molecule has 2 fully saturated rings. The molecule has 172 valence electrons. The van der Waals surface area contributed by atoms with Crippen molar-refractivity contribution in [3.63, 3.8) is 0 Å². The number of likely N-dealkylation sites (N-methyl/N-ethyl adjacent to an activating group) is 1. The second-order valence-electron chi connectivity index (χ2n) is 8.88. The number of nitrogens with zero attached hydrogens (tertiary/aromatic N) is 4. The lowest BCUT2D eigenvalue weighted by Gasteiger charge is -2.43. The molecule has 2 aliphatic heterocycles. The number of carbonyl (C=O) groups excluding carboxylic acids is 1. The Labute approximate surface area is 187 Å². The van der Waals surface area contributed by atoms with Crippen molar-refractivity contribution in [1.29, 1.82) is 0 Å². The highest BCUT2D eigenvalue weighted by atomic mass is 16.5. The summed E-state index contributed by atoms with van der Waals surface area (Å²) in [6.45, 7) is 8.75. The number of hydrogen-bond acceptors (Lipinski definition) is 4. The summed E-state index contributed by atoms with van der Waals surface area (Å²) in [6.07, 6.45) is 3.39. The summed E-state index contributed by atoms with van der Waals surface area (Å²) < 4.78 is 5.52. The summed E-state index contributed by atoms with van der Waals surface area (Å²) >= 11 is 0. The molecule has 3 rings (SSSR count). The number of piperazine rings is 1. The van der Waals surface area contributed by atoms with Gasteiger partial charge < -0.3 is 19.9 Å². The number of amides is 1. The Bertz CT molecular complexity index is 703. The molecule has 2 atom stereocenters. The van der Waals surface area contributed by atoms with Gasteiger partial charge in [0.25, 0.3) is 0 Å². The molecule has 1 amide bonds. The first kappa shape index (κ1) is 23.5. The lowest BCUT2D eigenvalue weighted by Crippen LogP contribution is -2.57. The van der Waals surface area contributed by atoms with Gasteiger partial charge in [0.1, 0.15) is 6.54 Å². The molecule has 0 aliphatic carbocycles. The van der Waals surface area contributed by atoms with E-state index in [0.717, 1.165) is 71.2 Å². The largest absolute Gasteiger partial charge is 0.381 e. The predicted molar refractivity (Wildman–Crippen MR) is 125 cm³/mol. The Morgan fingerprint density at radius 3 is 2.74 bits per heavy atom. The minimum atomic E-state index is 0.0244. The fourth-order valence-electron chi connectivity index (χ4n) is 4.25. The molecule has 1 N–H and O–H groups in total. The van der Waals surface area contributed by atoms with Crippen molar-refractivity contribution in [3.05, 3.63) is 35.9 Å². The van der Waals surface area contributed by atoms with E-state index in [0.29, 0.717) is 12.0 Å². The Morgan fingerprint density at radius 2 is 2.06 bits per heavy atom. The third-order valence-corrected chi connectivity index (χ3v) is 6.19. The van der Waals surface area contributed by atoms with E-state index < -0.39 is 0 Å². The molecule has 1 aromatic rings. The second kappa shape index (κ2) is 12.1. The summed E-state index contributed by atoms with van der Waals surface area (Å²) in [7, 11) is 3.56. The van der Waals surface area contributed by atoms with Crippen LogP contribution in [0.1, 0.15) is 31.7 Å². The van der Waals surface area contributed by atoms with Crippen LogP contribution in [0.25, 0.3) is 0 Å². The Kier molecular flexibility index (Phi) is 9.15. The number of benzene rings is 1. The molecule has 2 aliphatic rings. The van der Waals surface area contributed by atoms with Gasteiger partial charge in [-0.25, -0.2) is 4.99 Å². The van der Waals surface area contributed by atoms with Gasteiger partial charge in [-0.15, -0.1) is 0 Å². The first-order chi connectivity index (χ1) is 15.1. The van der Waals surface area contributed by atoms with Crippen molar-refractivity contribution < 1.29 is 9.53 Å². The molecule has 0 aromatic heterocycles. The molecule has 0 saturated carbocycles. The maximum atomic E-state index is 12.2. The maximum absolute atomic E-state index is 12.2. The summed E-state index contributed by atoms with van der Waals surface area (Å²) in [4.78, 5) is 23.4. The molecule has 7 nitrogen and oxygen atoms in total. The van der Waals surface area contributed by atoms with Gasteiger partial charge in [-0.2, -0.15) is 0 Å². The van der Waals surface area contributed by atoms with E-state index in [2.05, 4.69) is 52.4 Å².